The number of nitrogens with one attached hydrogen (secondary N) is 1. The SMILES string of the molecule is C[C@@H](NC1CC(C)(C)Oc2ccccc21)c1cccs1. The quantitative estimate of drug-likeness (QED) is 0.883. The molecule has 0 saturated carbocycles. The van der Waals surface area contributed by atoms with E-state index in [2.05, 4.69) is 61.8 Å². The van der Waals surface area contributed by atoms with E-state index < -0.39 is 0 Å². The summed E-state index contributed by atoms with van der Waals surface area (Å²) in [6.45, 7) is 6.55. The van der Waals surface area contributed by atoms with Crippen molar-refractivity contribution in [3.05, 3.63) is 52.2 Å². The minimum atomic E-state index is -0.124. The maximum Gasteiger partial charge on any atom is 0.124 e. The Kier molecular flexibility index (Phi) is 3.57. The molecule has 1 aromatic carbocycles. The number of para-hydroxylation sites is 1. The lowest BCUT2D eigenvalue weighted by molar-refractivity contribution is 0.0641. The molecule has 1 N–H and O–H groups in total. The molecule has 0 aliphatic carbocycles. The van der Waals surface area contributed by atoms with Crippen LogP contribution in [0, 0.1) is 0 Å². The maximum absolute atomic E-state index is 6.08. The van der Waals surface area contributed by atoms with E-state index in [9.17, 15) is 0 Å². The highest BCUT2D eigenvalue weighted by molar-refractivity contribution is 7.10. The highest BCUT2D eigenvalue weighted by atomic mass is 32.1. The first kappa shape index (κ1) is 13.7. The second-order valence-corrected chi connectivity index (χ2v) is 7.04. The minimum Gasteiger partial charge on any atom is -0.487 e. The molecule has 0 spiro atoms. The van der Waals surface area contributed by atoms with Crippen molar-refractivity contribution in [1.29, 1.82) is 0 Å². The normalized spacial score (nSPS) is 21.9. The van der Waals surface area contributed by atoms with E-state index in [1.807, 2.05) is 17.4 Å². The molecule has 1 aliphatic rings. The van der Waals surface area contributed by atoms with E-state index in [4.69, 9.17) is 4.74 Å². The van der Waals surface area contributed by atoms with Crippen molar-refractivity contribution in [3.63, 3.8) is 0 Å². The maximum atomic E-state index is 6.08. The number of benzene rings is 1. The smallest absolute Gasteiger partial charge is 0.124 e. The van der Waals surface area contributed by atoms with Gasteiger partial charge in [0.2, 0.25) is 0 Å². The second kappa shape index (κ2) is 5.23. The van der Waals surface area contributed by atoms with Crippen LogP contribution in [0.15, 0.2) is 41.8 Å². The van der Waals surface area contributed by atoms with Crippen LogP contribution in [0.4, 0.5) is 0 Å². The number of hydrogen-bond donors (Lipinski definition) is 1. The standard InChI is InChI=1S/C17H21NOS/c1-12(16-9-6-10-20-16)18-14-11-17(2,3)19-15-8-5-4-7-13(14)15/h4-10,12,14,18H,11H2,1-3H3/t12-,14?/m1/s1. The van der Waals surface area contributed by atoms with Crippen LogP contribution in [0.5, 0.6) is 5.75 Å². The molecule has 0 saturated heterocycles. The first-order valence-corrected chi connectivity index (χ1v) is 8.00. The van der Waals surface area contributed by atoms with Gasteiger partial charge in [0.25, 0.3) is 0 Å². The molecule has 0 amide bonds. The van der Waals surface area contributed by atoms with E-state index in [0.717, 1.165) is 12.2 Å². The largest absolute Gasteiger partial charge is 0.487 e. The third kappa shape index (κ3) is 2.74. The summed E-state index contributed by atoms with van der Waals surface area (Å²) in [6.07, 6.45) is 0.986. The van der Waals surface area contributed by atoms with Crippen molar-refractivity contribution in [2.24, 2.45) is 0 Å². The summed E-state index contributed by atoms with van der Waals surface area (Å²) < 4.78 is 6.08. The van der Waals surface area contributed by atoms with Gasteiger partial charge in [-0.3, -0.25) is 0 Å². The van der Waals surface area contributed by atoms with Crippen LogP contribution in [0.2, 0.25) is 0 Å². The van der Waals surface area contributed by atoms with Crippen LogP contribution < -0.4 is 10.1 Å². The summed E-state index contributed by atoms with van der Waals surface area (Å²) in [5, 5.41) is 5.90. The van der Waals surface area contributed by atoms with Crippen molar-refractivity contribution in [2.75, 3.05) is 0 Å². The fourth-order valence-electron chi connectivity index (χ4n) is 2.87. The molecule has 0 fully saturated rings. The van der Waals surface area contributed by atoms with Crippen LogP contribution in [0.1, 0.15) is 49.7 Å². The highest BCUT2D eigenvalue weighted by Gasteiger charge is 2.34. The zero-order valence-electron chi connectivity index (χ0n) is 12.2. The molecule has 2 heterocycles. The van der Waals surface area contributed by atoms with Crippen molar-refractivity contribution in [3.8, 4) is 5.75 Å². The van der Waals surface area contributed by atoms with Crippen LogP contribution >= 0.6 is 11.3 Å². The summed E-state index contributed by atoms with van der Waals surface area (Å²) in [5.74, 6) is 1.01. The lowest BCUT2D eigenvalue weighted by atomic mass is 9.89. The van der Waals surface area contributed by atoms with Gasteiger partial charge in [-0.2, -0.15) is 0 Å². The highest BCUT2D eigenvalue weighted by Crippen LogP contribution is 2.40. The molecule has 1 aliphatic heterocycles. The first-order chi connectivity index (χ1) is 9.55. The van der Waals surface area contributed by atoms with Gasteiger partial charge in [0.05, 0.1) is 0 Å². The number of hydrogen-bond acceptors (Lipinski definition) is 3. The molecule has 1 unspecified atom stereocenters. The van der Waals surface area contributed by atoms with Crippen LogP contribution in [-0.4, -0.2) is 5.60 Å². The Bertz CT molecular complexity index is 576. The van der Waals surface area contributed by atoms with Crippen molar-refractivity contribution in [1.82, 2.24) is 5.32 Å². The van der Waals surface area contributed by atoms with Gasteiger partial charge in [0.15, 0.2) is 0 Å². The minimum absolute atomic E-state index is 0.124. The molecule has 2 nitrogen and oxygen atoms in total. The van der Waals surface area contributed by atoms with Crippen LogP contribution in [-0.2, 0) is 0 Å². The first-order valence-electron chi connectivity index (χ1n) is 7.12. The predicted octanol–water partition coefficient (Wildman–Crippen LogP) is 4.70. The fourth-order valence-corrected chi connectivity index (χ4v) is 3.62. The number of fused-ring (bicyclic) bond motifs is 1. The molecule has 0 radical (unpaired) electrons. The van der Waals surface area contributed by atoms with Crippen LogP contribution in [0.25, 0.3) is 0 Å². The Morgan fingerprint density at radius 2 is 2.05 bits per heavy atom. The molecule has 3 rings (SSSR count). The summed E-state index contributed by atoms with van der Waals surface area (Å²) in [5.41, 5.74) is 1.15. The molecule has 20 heavy (non-hydrogen) atoms. The zero-order valence-corrected chi connectivity index (χ0v) is 13.0. The summed E-state index contributed by atoms with van der Waals surface area (Å²) >= 11 is 1.81. The van der Waals surface area contributed by atoms with Gasteiger partial charge in [-0.15, -0.1) is 11.3 Å². The Morgan fingerprint density at radius 1 is 1.25 bits per heavy atom. The Morgan fingerprint density at radius 3 is 2.80 bits per heavy atom. The van der Waals surface area contributed by atoms with Gasteiger partial charge in [-0.25, -0.2) is 0 Å². The molecule has 0 bridgehead atoms. The lowest BCUT2D eigenvalue weighted by Crippen LogP contribution is -2.40. The van der Waals surface area contributed by atoms with Gasteiger partial charge in [-0.1, -0.05) is 24.3 Å². The van der Waals surface area contributed by atoms with Crippen molar-refractivity contribution < 1.29 is 4.74 Å². The average molecular weight is 287 g/mol. The van der Waals surface area contributed by atoms with Gasteiger partial charge in [0.1, 0.15) is 11.4 Å². The summed E-state index contributed by atoms with van der Waals surface area (Å²) in [7, 11) is 0. The molecule has 1 aromatic heterocycles. The Hall–Kier alpha value is -1.32. The third-order valence-corrected chi connectivity index (χ3v) is 4.85. The van der Waals surface area contributed by atoms with Gasteiger partial charge >= 0.3 is 0 Å². The number of rotatable bonds is 3. The fraction of sp³-hybridized carbons (Fsp3) is 0.412. The van der Waals surface area contributed by atoms with Crippen LogP contribution in [0.3, 0.4) is 0 Å². The molecular weight excluding hydrogens is 266 g/mol. The molecule has 2 atom stereocenters. The molecule has 2 aromatic rings. The third-order valence-electron chi connectivity index (χ3n) is 3.80. The average Bonchev–Trinajstić information content (AvgIpc) is 2.91. The van der Waals surface area contributed by atoms with Gasteiger partial charge in [0, 0.05) is 28.9 Å². The Labute approximate surface area is 124 Å². The molecular formula is C17H21NOS. The molecule has 3 heteroatoms. The van der Waals surface area contributed by atoms with Gasteiger partial charge in [-0.05, 0) is 38.3 Å². The lowest BCUT2D eigenvalue weighted by Gasteiger charge is -2.39. The van der Waals surface area contributed by atoms with E-state index in [-0.39, 0.29) is 5.60 Å². The van der Waals surface area contributed by atoms with Crippen molar-refractivity contribution >= 4 is 11.3 Å². The number of thiophene rings is 1. The zero-order chi connectivity index (χ0) is 14.2. The monoisotopic (exact) mass is 287 g/mol. The number of ether oxygens (including phenoxy) is 1. The van der Waals surface area contributed by atoms with Crippen molar-refractivity contribution in [2.45, 2.75) is 44.9 Å². The van der Waals surface area contributed by atoms with E-state index >= 15 is 0 Å². The predicted molar refractivity (Wildman–Crippen MR) is 84.4 cm³/mol. The summed E-state index contributed by atoms with van der Waals surface area (Å²) in [6, 6.07) is 13.4. The van der Waals surface area contributed by atoms with E-state index in [1.165, 1.54) is 10.4 Å². The van der Waals surface area contributed by atoms with Gasteiger partial charge < -0.3 is 10.1 Å². The van der Waals surface area contributed by atoms with E-state index in [0.29, 0.717) is 12.1 Å². The molecule has 106 valence electrons. The topological polar surface area (TPSA) is 21.3 Å². The Balaban J connectivity index is 1.85. The summed E-state index contributed by atoms with van der Waals surface area (Å²) in [4.78, 5) is 1.38. The van der Waals surface area contributed by atoms with E-state index in [1.54, 1.807) is 0 Å². The second-order valence-electron chi connectivity index (χ2n) is 6.06.